The average Bonchev–Trinajstić information content (AvgIpc) is 3.68. The van der Waals surface area contributed by atoms with Gasteiger partial charge in [-0.05, 0) is 113 Å². The van der Waals surface area contributed by atoms with Crippen LogP contribution in [0, 0.1) is 0 Å². The summed E-state index contributed by atoms with van der Waals surface area (Å²) >= 11 is 0. The Morgan fingerprint density at radius 3 is 1.28 bits per heavy atom. The van der Waals surface area contributed by atoms with Gasteiger partial charge in [-0.1, -0.05) is 231 Å². The van der Waals surface area contributed by atoms with Gasteiger partial charge in [0.1, 0.15) is 0 Å². The van der Waals surface area contributed by atoms with Crippen LogP contribution in [0.4, 0.5) is 17.1 Å². The van der Waals surface area contributed by atoms with Crippen LogP contribution in [0.5, 0.6) is 0 Å². The molecule has 0 aliphatic heterocycles. The minimum Gasteiger partial charge on any atom is -0.310 e. The van der Waals surface area contributed by atoms with Crippen LogP contribution in [0.3, 0.4) is 0 Å². The quantitative estimate of drug-likeness (QED) is 0.138. The van der Waals surface area contributed by atoms with Crippen LogP contribution in [0.2, 0.25) is 0 Å². The lowest BCUT2D eigenvalue weighted by atomic mass is 9.67. The van der Waals surface area contributed by atoms with Crippen molar-refractivity contribution in [1.29, 1.82) is 0 Å². The molecule has 1 aliphatic rings. The molecule has 0 saturated carbocycles. The van der Waals surface area contributed by atoms with Crippen LogP contribution >= 0.6 is 0 Å². The first-order valence-electron chi connectivity index (χ1n) is 22.2. The molecule has 0 heterocycles. The minimum absolute atomic E-state index is 0.512. The fourth-order valence-corrected chi connectivity index (χ4v) is 10.4. The van der Waals surface area contributed by atoms with Gasteiger partial charge in [0.25, 0.3) is 0 Å². The molecule has 1 nitrogen and oxygen atoms in total. The highest BCUT2D eigenvalue weighted by Crippen LogP contribution is 2.57. The van der Waals surface area contributed by atoms with Crippen molar-refractivity contribution in [2.75, 3.05) is 4.90 Å². The Bertz CT molecular complexity index is 3410. The zero-order valence-corrected chi connectivity index (χ0v) is 35.3. The van der Waals surface area contributed by atoms with Crippen LogP contribution in [-0.2, 0) is 5.41 Å². The molecule has 0 amide bonds. The fourth-order valence-electron chi connectivity index (χ4n) is 10.4. The second kappa shape index (κ2) is 15.6. The van der Waals surface area contributed by atoms with Gasteiger partial charge >= 0.3 is 0 Å². The van der Waals surface area contributed by atoms with E-state index < -0.39 is 5.41 Å². The molecular weight excluding hydrogens is 771 g/mol. The van der Waals surface area contributed by atoms with E-state index in [1.165, 1.54) is 88.3 Å². The third-order valence-electron chi connectivity index (χ3n) is 13.4. The Labute approximate surface area is 374 Å². The van der Waals surface area contributed by atoms with Crippen molar-refractivity contribution in [3.63, 3.8) is 0 Å². The molecule has 0 spiro atoms. The first-order chi connectivity index (χ1) is 31.7. The maximum Gasteiger partial charge on any atom is 0.0714 e. The summed E-state index contributed by atoms with van der Waals surface area (Å²) in [5.41, 5.74) is 17.7. The van der Waals surface area contributed by atoms with Crippen molar-refractivity contribution in [3.05, 3.63) is 283 Å². The molecule has 0 saturated heterocycles. The van der Waals surface area contributed by atoms with Crippen molar-refractivity contribution < 1.29 is 0 Å². The minimum atomic E-state index is -0.512. The Morgan fingerprint density at radius 1 is 0.266 bits per heavy atom. The summed E-state index contributed by atoms with van der Waals surface area (Å²) in [6.07, 6.45) is 0. The Morgan fingerprint density at radius 2 is 0.688 bits per heavy atom. The van der Waals surface area contributed by atoms with Gasteiger partial charge < -0.3 is 4.90 Å². The SMILES string of the molecule is c1ccc(-c2ccc(-c3ccc(-c4ccc(N(c5ccc6c(c5)C(c5ccccc5)(c5ccccc5)c5ccccc5-6)c5cc6ccccc6c6ccccc56)cc4)cc3)cc2)cc1. The van der Waals surface area contributed by atoms with E-state index in [2.05, 4.69) is 266 Å². The molecule has 0 N–H and O–H groups in total. The van der Waals surface area contributed by atoms with Gasteiger partial charge in [-0.3, -0.25) is 0 Å². The molecule has 0 radical (unpaired) electrons. The lowest BCUT2D eigenvalue weighted by Gasteiger charge is -2.35. The van der Waals surface area contributed by atoms with E-state index in [1.54, 1.807) is 0 Å². The first kappa shape index (κ1) is 37.5. The lowest BCUT2D eigenvalue weighted by Crippen LogP contribution is -2.28. The van der Waals surface area contributed by atoms with Crippen LogP contribution in [0.25, 0.3) is 66.1 Å². The van der Waals surface area contributed by atoms with E-state index in [-0.39, 0.29) is 0 Å². The lowest BCUT2D eigenvalue weighted by molar-refractivity contribution is 0.768. The molecule has 0 unspecified atom stereocenters. The molecule has 300 valence electrons. The monoisotopic (exact) mass is 813 g/mol. The van der Waals surface area contributed by atoms with Crippen LogP contribution < -0.4 is 4.90 Å². The zero-order chi connectivity index (χ0) is 42.5. The fraction of sp³-hybridized carbons (Fsp3) is 0.0159. The molecule has 0 atom stereocenters. The van der Waals surface area contributed by atoms with Gasteiger partial charge in [0, 0.05) is 16.8 Å². The number of rotatable bonds is 8. The number of anilines is 3. The molecule has 64 heavy (non-hydrogen) atoms. The molecule has 11 aromatic rings. The second-order valence-electron chi connectivity index (χ2n) is 16.8. The molecule has 0 bridgehead atoms. The van der Waals surface area contributed by atoms with Crippen LogP contribution in [0.15, 0.2) is 261 Å². The molecule has 12 rings (SSSR count). The predicted molar refractivity (Wildman–Crippen MR) is 270 cm³/mol. The van der Waals surface area contributed by atoms with Crippen molar-refractivity contribution in [2.45, 2.75) is 5.41 Å². The first-order valence-corrected chi connectivity index (χ1v) is 22.2. The number of fused-ring (bicyclic) bond motifs is 6. The summed E-state index contributed by atoms with van der Waals surface area (Å²) in [5, 5.41) is 4.91. The standard InChI is InChI=1S/C63H43N/c1-4-16-44(17-5-1)45-28-30-46(31-29-45)47-32-34-48(35-33-47)49-36-38-53(39-37-49)64(62-42-50-18-10-11-23-55(50)56-24-12-13-26-59(56)62)54-40-41-58-57-25-14-15-27-60(57)63(61(58)43-54,51-19-6-2-7-20-51)52-21-8-3-9-22-52/h1-43H. The third-order valence-corrected chi connectivity index (χ3v) is 13.4. The van der Waals surface area contributed by atoms with Gasteiger partial charge in [0.05, 0.1) is 11.1 Å². The van der Waals surface area contributed by atoms with Crippen molar-refractivity contribution in [3.8, 4) is 44.5 Å². The smallest absolute Gasteiger partial charge is 0.0714 e. The summed E-state index contributed by atoms with van der Waals surface area (Å²) in [7, 11) is 0. The van der Waals surface area contributed by atoms with Gasteiger partial charge in [-0.2, -0.15) is 0 Å². The van der Waals surface area contributed by atoms with E-state index in [0.717, 1.165) is 17.1 Å². The summed E-state index contributed by atoms with van der Waals surface area (Å²) in [6, 6.07) is 95.8. The third kappa shape index (κ3) is 6.16. The van der Waals surface area contributed by atoms with Crippen LogP contribution in [0.1, 0.15) is 22.3 Å². The predicted octanol–water partition coefficient (Wildman–Crippen LogP) is 16.8. The molecule has 0 fully saturated rings. The van der Waals surface area contributed by atoms with E-state index in [9.17, 15) is 0 Å². The number of hydrogen-bond acceptors (Lipinski definition) is 1. The molecule has 1 aliphatic carbocycles. The van der Waals surface area contributed by atoms with E-state index >= 15 is 0 Å². The van der Waals surface area contributed by atoms with Gasteiger partial charge in [0.2, 0.25) is 0 Å². The number of hydrogen-bond donors (Lipinski definition) is 0. The molecule has 1 heteroatoms. The number of nitrogens with zero attached hydrogens (tertiary/aromatic N) is 1. The Hall–Kier alpha value is -8.26. The summed E-state index contributed by atoms with van der Waals surface area (Å²) in [6.45, 7) is 0. The van der Waals surface area contributed by atoms with Gasteiger partial charge in [-0.25, -0.2) is 0 Å². The molecule has 0 aromatic heterocycles. The average molecular weight is 814 g/mol. The van der Waals surface area contributed by atoms with Crippen molar-refractivity contribution in [1.82, 2.24) is 0 Å². The largest absolute Gasteiger partial charge is 0.310 e. The maximum absolute atomic E-state index is 2.48. The summed E-state index contributed by atoms with van der Waals surface area (Å²) < 4.78 is 0. The zero-order valence-electron chi connectivity index (χ0n) is 35.3. The molecular formula is C63H43N. The van der Waals surface area contributed by atoms with E-state index in [1.807, 2.05) is 0 Å². The highest BCUT2D eigenvalue weighted by molar-refractivity contribution is 6.14. The van der Waals surface area contributed by atoms with Gasteiger partial charge in [0.15, 0.2) is 0 Å². The Kier molecular flexibility index (Phi) is 9.13. The van der Waals surface area contributed by atoms with Gasteiger partial charge in [-0.15, -0.1) is 0 Å². The van der Waals surface area contributed by atoms with Crippen molar-refractivity contribution in [2.24, 2.45) is 0 Å². The van der Waals surface area contributed by atoms with E-state index in [4.69, 9.17) is 0 Å². The van der Waals surface area contributed by atoms with Crippen molar-refractivity contribution >= 4 is 38.6 Å². The van der Waals surface area contributed by atoms with Crippen LogP contribution in [-0.4, -0.2) is 0 Å². The highest BCUT2D eigenvalue weighted by Gasteiger charge is 2.46. The number of benzene rings is 11. The highest BCUT2D eigenvalue weighted by atomic mass is 15.1. The summed E-state index contributed by atoms with van der Waals surface area (Å²) in [4.78, 5) is 2.48. The Balaban J connectivity index is 1.00. The van der Waals surface area contributed by atoms with E-state index in [0.29, 0.717) is 0 Å². The second-order valence-corrected chi connectivity index (χ2v) is 16.8. The topological polar surface area (TPSA) is 3.24 Å². The maximum atomic E-state index is 2.48. The normalized spacial score (nSPS) is 12.5. The molecule has 11 aromatic carbocycles. The summed E-state index contributed by atoms with van der Waals surface area (Å²) in [5.74, 6) is 0.